The van der Waals surface area contributed by atoms with Crippen LogP contribution >= 0.6 is 0 Å². The Morgan fingerprint density at radius 1 is 1.50 bits per heavy atom. The second kappa shape index (κ2) is 1.97. The van der Waals surface area contributed by atoms with Crippen molar-refractivity contribution >= 4 is 0 Å². The van der Waals surface area contributed by atoms with Gasteiger partial charge in [-0.3, -0.25) is 0 Å². The van der Waals surface area contributed by atoms with E-state index in [1.807, 2.05) is 0 Å². The van der Waals surface area contributed by atoms with Crippen molar-refractivity contribution in [3.05, 3.63) is 0 Å². The van der Waals surface area contributed by atoms with Gasteiger partial charge >= 0.3 is 0 Å². The Hall–Kier alpha value is -0.0400. The monoisotopic (exact) mass is 142 g/mol. The summed E-state index contributed by atoms with van der Waals surface area (Å²) < 4.78 is 0. The maximum atomic E-state index is 9.04. The van der Waals surface area contributed by atoms with Gasteiger partial charge in [0, 0.05) is 6.61 Å². The molecule has 0 radical (unpaired) electrons. The summed E-state index contributed by atoms with van der Waals surface area (Å²) in [6.07, 6.45) is 1.28. The number of aliphatic hydroxyl groups excluding tert-OH is 1. The molecule has 1 heteroatoms. The Kier molecular flexibility index (Phi) is 1.59. The van der Waals surface area contributed by atoms with Crippen LogP contribution in [-0.4, -0.2) is 11.7 Å². The largest absolute Gasteiger partial charge is 0.396 e. The molecule has 1 nitrogen and oxygen atoms in total. The van der Waals surface area contributed by atoms with Crippen molar-refractivity contribution in [1.29, 1.82) is 0 Å². The molecule has 0 aliphatic heterocycles. The van der Waals surface area contributed by atoms with E-state index in [1.165, 1.54) is 6.42 Å². The summed E-state index contributed by atoms with van der Waals surface area (Å²) in [4.78, 5) is 0. The quantitative estimate of drug-likeness (QED) is 0.625. The highest BCUT2D eigenvalue weighted by Gasteiger charge is 2.53. The molecule has 1 fully saturated rings. The first kappa shape index (κ1) is 8.06. The Bertz CT molecular complexity index is 136. The second-order valence-electron chi connectivity index (χ2n) is 4.89. The molecule has 0 aromatic rings. The third kappa shape index (κ3) is 1.20. The first-order chi connectivity index (χ1) is 4.40. The molecule has 0 saturated heterocycles. The molecule has 1 aliphatic carbocycles. The normalized spacial score (nSPS) is 30.3. The van der Waals surface area contributed by atoms with E-state index in [9.17, 15) is 0 Å². The fourth-order valence-corrected chi connectivity index (χ4v) is 1.91. The number of hydrogen-bond donors (Lipinski definition) is 1. The number of aliphatic hydroxyl groups is 1. The molecule has 0 heterocycles. The maximum Gasteiger partial charge on any atom is 0.0484 e. The first-order valence-corrected chi connectivity index (χ1v) is 4.01. The molecule has 0 bridgehead atoms. The standard InChI is InChI=1S/C9H18O/c1-8(2)5-7(8)9(3,4)6-10/h7,10H,5-6H2,1-4H3. The van der Waals surface area contributed by atoms with Crippen LogP contribution in [0.15, 0.2) is 0 Å². The summed E-state index contributed by atoms with van der Waals surface area (Å²) >= 11 is 0. The van der Waals surface area contributed by atoms with Crippen LogP contribution < -0.4 is 0 Å². The number of hydrogen-bond acceptors (Lipinski definition) is 1. The van der Waals surface area contributed by atoms with Crippen molar-refractivity contribution < 1.29 is 5.11 Å². The van der Waals surface area contributed by atoms with E-state index in [0.717, 1.165) is 5.92 Å². The van der Waals surface area contributed by atoms with Gasteiger partial charge in [-0.25, -0.2) is 0 Å². The average Bonchev–Trinajstić information content (AvgIpc) is 2.41. The molecule has 1 rings (SSSR count). The van der Waals surface area contributed by atoms with Crippen LogP contribution in [0.2, 0.25) is 0 Å². The summed E-state index contributed by atoms with van der Waals surface area (Å²) in [6.45, 7) is 9.16. The van der Waals surface area contributed by atoms with Gasteiger partial charge in [-0.1, -0.05) is 27.7 Å². The zero-order chi connectivity index (χ0) is 7.99. The van der Waals surface area contributed by atoms with E-state index in [0.29, 0.717) is 12.0 Å². The predicted molar refractivity (Wildman–Crippen MR) is 42.8 cm³/mol. The summed E-state index contributed by atoms with van der Waals surface area (Å²) in [7, 11) is 0. The van der Waals surface area contributed by atoms with Crippen molar-refractivity contribution in [2.24, 2.45) is 16.7 Å². The minimum absolute atomic E-state index is 0.142. The van der Waals surface area contributed by atoms with Crippen LogP contribution in [0.5, 0.6) is 0 Å². The van der Waals surface area contributed by atoms with Crippen LogP contribution in [0.4, 0.5) is 0 Å². The molecular formula is C9H18O. The summed E-state index contributed by atoms with van der Waals surface area (Å²) in [5.41, 5.74) is 0.635. The van der Waals surface area contributed by atoms with Crippen LogP contribution in [0, 0.1) is 16.7 Å². The zero-order valence-electron chi connectivity index (χ0n) is 7.44. The zero-order valence-corrected chi connectivity index (χ0v) is 7.44. The molecular weight excluding hydrogens is 124 g/mol. The summed E-state index contributed by atoms with van der Waals surface area (Å²) in [5.74, 6) is 0.727. The minimum atomic E-state index is 0.142. The third-order valence-corrected chi connectivity index (χ3v) is 2.86. The van der Waals surface area contributed by atoms with Gasteiger partial charge in [0.25, 0.3) is 0 Å². The lowest BCUT2D eigenvalue weighted by atomic mass is 9.84. The van der Waals surface area contributed by atoms with Crippen molar-refractivity contribution in [3.8, 4) is 0 Å². The van der Waals surface area contributed by atoms with Crippen molar-refractivity contribution in [2.45, 2.75) is 34.1 Å². The highest BCUT2D eigenvalue weighted by atomic mass is 16.3. The molecule has 0 aromatic carbocycles. The van der Waals surface area contributed by atoms with E-state index in [-0.39, 0.29) is 5.41 Å². The summed E-state index contributed by atoms with van der Waals surface area (Å²) in [5, 5.41) is 9.04. The van der Waals surface area contributed by atoms with E-state index in [4.69, 9.17) is 5.11 Å². The van der Waals surface area contributed by atoms with Gasteiger partial charge in [0.2, 0.25) is 0 Å². The van der Waals surface area contributed by atoms with Crippen molar-refractivity contribution in [2.75, 3.05) is 6.61 Å². The average molecular weight is 142 g/mol. The molecule has 60 valence electrons. The van der Waals surface area contributed by atoms with Crippen LogP contribution in [0.1, 0.15) is 34.1 Å². The van der Waals surface area contributed by atoms with Gasteiger partial charge in [-0.05, 0) is 23.2 Å². The molecule has 0 aromatic heterocycles. The Labute approximate surface area is 63.4 Å². The third-order valence-electron chi connectivity index (χ3n) is 2.86. The predicted octanol–water partition coefficient (Wildman–Crippen LogP) is 2.05. The fourth-order valence-electron chi connectivity index (χ4n) is 1.91. The van der Waals surface area contributed by atoms with E-state index in [1.54, 1.807) is 0 Å². The molecule has 1 aliphatic rings. The van der Waals surface area contributed by atoms with E-state index >= 15 is 0 Å². The Morgan fingerprint density at radius 2 is 1.90 bits per heavy atom. The van der Waals surface area contributed by atoms with Gasteiger partial charge < -0.3 is 5.11 Å². The lowest BCUT2D eigenvalue weighted by molar-refractivity contribution is 0.124. The highest BCUT2D eigenvalue weighted by Crippen LogP contribution is 2.60. The second-order valence-corrected chi connectivity index (χ2v) is 4.89. The van der Waals surface area contributed by atoms with Gasteiger partial charge in [0.15, 0.2) is 0 Å². The Balaban J connectivity index is 2.54. The molecule has 1 atom stereocenters. The van der Waals surface area contributed by atoms with Crippen molar-refractivity contribution in [3.63, 3.8) is 0 Å². The fraction of sp³-hybridized carbons (Fsp3) is 1.00. The lowest BCUT2D eigenvalue weighted by Gasteiger charge is -2.23. The molecule has 0 spiro atoms. The van der Waals surface area contributed by atoms with Gasteiger partial charge in [-0.2, -0.15) is 0 Å². The SMILES string of the molecule is CC(C)(CO)C1CC1(C)C. The van der Waals surface area contributed by atoms with Gasteiger partial charge in [0.1, 0.15) is 0 Å². The molecule has 0 amide bonds. The van der Waals surface area contributed by atoms with Crippen LogP contribution in [-0.2, 0) is 0 Å². The van der Waals surface area contributed by atoms with Crippen LogP contribution in [0.25, 0.3) is 0 Å². The Morgan fingerprint density at radius 3 is 2.00 bits per heavy atom. The molecule has 1 saturated carbocycles. The molecule has 1 N–H and O–H groups in total. The van der Waals surface area contributed by atoms with E-state index < -0.39 is 0 Å². The van der Waals surface area contributed by atoms with Crippen LogP contribution in [0.3, 0.4) is 0 Å². The topological polar surface area (TPSA) is 20.2 Å². The van der Waals surface area contributed by atoms with Gasteiger partial charge in [0.05, 0.1) is 0 Å². The lowest BCUT2D eigenvalue weighted by Crippen LogP contribution is -2.21. The first-order valence-electron chi connectivity index (χ1n) is 4.01. The minimum Gasteiger partial charge on any atom is -0.396 e. The highest BCUT2D eigenvalue weighted by molar-refractivity contribution is 5.02. The molecule has 1 unspecified atom stereocenters. The van der Waals surface area contributed by atoms with Crippen molar-refractivity contribution in [1.82, 2.24) is 0 Å². The summed E-state index contributed by atoms with van der Waals surface area (Å²) in [6, 6.07) is 0. The number of rotatable bonds is 2. The van der Waals surface area contributed by atoms with Gasteiger partial charge in [-0.15, -0.1) is 0 Å². The smallest absolute Gasteiger partial charge is 0.0484 e. The molecule has 10 heavy (non-hydrogen) atoms. The maximum absolute atomic E-state index is 9.04. The van der Waals surface area contributed by atoms with E-state index in [2.05, 4.69) is 27.7 Å².